The van der Waals surface area contributed by atoms with E-state index < -0.39 is 0 Å². The molecule has 3 rings (SSSR count). The number of anilines is 1. The van der Waals surface area contributed by atoms with Gasteiger partial charge in [-0.15, -0.1) is 0 Å². The Morgan fingerprint density at radius 2 is 2.05 bits per heavy atom. The third-order valence-corrected chi connectivity index (χ3v) is 4.24. The van der Waals surface area contributed by atoms with Crippen molar-refractivity contribution in [2.45, 2.75) is 19.4 Å². The Kier molecular flexibility index (Phi) is 3.29. The predicted octanol–water partition coefficient (Wildman–Crippen LogP) is 1.17. The minimum atomic E-state index is -0.0754. The Labute approximate surface area is 114 Å². The van der Waals surface area contributed by atoms with Crippen molar-refractivity contribution in [1.82, 2.24) is 10.2 Å². The van der Waals surface area contributed by atoms with E-state index in [-0.39, 0.29) is 11.9 Å². The normalized spacial score (nSPS) is 23.8. The molecule has 1 atom stereocenters. The van der Waals surface area contributed by atoms with Crippen LogP contribution in [-0.4, -0.2) is 44.0 Å². The third kappa shape index (κ3) is 2.05. The summed E-state index contributed by atoms with van der Waals surface area (Å²) in [5.74, 6) is 0.213. The topological polar surface area (TPSA) is 35.6 Å². The summed E-state index contributed by atoms with van der Waals surface area (Å²) in [6.45, 7) is 5.98. The number of nitrogens with one attached hydrogen (secondary N) is 1. The first-order chi connectivity index (χ1) is 9.22. The molecule has 0 aliphatic carbocycles. The van der Waals surface area contributed by atoms with Crippen LogP contribution in [0.2, 0.25) is 0 Å². The van der Waals surface area contributed by atoms with E-state index in [0.717, 1.165) is 38.3 Å². The zero-order valence-corrected chi connectivity index (χ0v) is 11.6. The Morgan fingerprint density at radius 3 is 2.74 bits per heavy atom. The largest absolute Gasteiger partial charge is 0.314 e. The summed E-state index contributed by atoms with van der Waals surface area (Å²) in [5, 5.41) is 3.34. The quantitative estimate of drug-likeness (QED) is 0.866. The number of rotatable bonds is 2. The Morgan fingerprint density at radius 1 is 1.32 bits per heavy atom. The van der Waals surface area contributed by atoms with Crippen molar-refractivity contribution in [3.63, 3.8) is 0 Å². The van der Waals surface area contributed by atoms with Crippen molar-refractivity contribution in [3.05, 3.63) is 29.3 Å². The number of piperazine rings is 1. The van der Waals surface area contributed by atoms with Gasteiger partial charge in [0.25, 0.3) is 0 Å². The summed E-state index contributed by atoms with van der Waals surface area (Å²) in [7, 11) is 1.88. The van der Waals surface area contributed by atoms with E-state index in [4.69, 9.17) is 0 Å². The first-order valence-electron chi connectivity index (χ1n) is 7.07. The summed E-state index contributed by atoms with van der Waals surface area (Å²) in [6, 6.07) is 6.36. The maximum Gasteiger partial charge on any atom is 0.248 e. The minimum absolute atomic E-state index is 0.0754. The minimum Gasteiger partial charge on any atom is -0.314 e. The lowest BCUT2D eigenvalue weighted by Gasteiger charge is -2.31. The molecule has 0 radical (unpaired) electrons. The van der Waals surface area contributed by atoms with Crippen molar-refractivity contribution in [2.75, 3.05) is 38.1 Å². The van der Waals surface area contributed by atoms with Crippen LogP contribution in [0.5, 0.6) is 0 Å². The number of nitrogens with zero attached hydrogens (tertiary/aromatic N) is 2. The van der Waals surface area contributed by atoms with E-state index in [0.29, 0.717) is 0 Å². The molecule has 2 aliphatic heterocycles. The third-order valence-electron chi connectivity index (χ3n) is 4.24. The summed E-state index contributed by atoms with van der Waals surface area (Å²) in [4.78, 5) is 16.6. The summed E-state index contributed by atoms with van der Waals surface area (Å²) < 4.78 is 0. The number of aryl methyl sites for hydroxylation is 1. The molecular formula is C15H21N3O. The molecular weight excluding hydrogens is 238 g/mol. The number of fused-ring (bicyclic) bond motifs is 1. The van der Waals surface area contributed by atoms with Gasteiger partial charge in [-0.3, -0.25) is 9.69 Å². The highest BCUT2D eigenvalue weighted by molar-refractivity contribution is 6.04. The van der Waals surface area contributed by atoms with Gasteiger partial charge >= 0.3 is 0 Å². The second-order valence-corrected chi connectivity index (χ2v) is 5.33. The van der Waals surface area contributed by atoms with Gasteiger partial charge in [-0.1, -0.05) is 19.1 Å². The monoisotopic (exact) mass is 259 g/mol. The standard InChI is InChI=1S/C15H21N3O/c1-3-11-4-5-13-12(10-11)14(15(19)17(13)2)18-8-6-16-7-9-18/h4-5,10,14,16H,3,6-9H2,1-2H3. The fourth-order valence-electron chi connectivity index (χ4n) is 3.08. The lowest BCUT2D eigenvalue weighted by molar-refractivity contribution is -0.123. The van der Waals surface area contributed by atoms with Crippen LogP contribution in [0.3, 0.4) is 0 Å². The highest BCUT2D eigenvalue weighted by Crippen LogP contribution is 2.39. The summed E-state index contributed by atoms with van der Waals surface area (Å²) in [5.41, 5.74) is 3.57. The van der Waals surface area contributed by atoms with Crippen LogP contribution >= 0.6 is 0 Å². The molecule has 4 nitrogen and oxygen atoms in total. The van der Waals surface area contributed by atoms with Gasteiger partial charge in [0.05, 0.1) is 0 Å². The zero-order valence-electron chi connectivity index (χ0n) is 11.6. The van der Waals surface area contributed by atoms with Crippen molar-refractivity contribution < 1.29 is 4.79 Å². The van der Waals surface area contributed by atoms with Crippen LogP contribution < -0.4 is 10.2 Å². The highest BCUT2D eigenvalue weighted by atomic mass is 16.2. The first kappa shape index (κ1) is 12.6. The number of carbonyl (C=O) groups excluding carboxylic acids is 1. The Hall–Kier alpha value is -1.39. The summed E-state index contributed by atoms with van der Waals surface area (Å²) in [6.07, 6.45) is 1.01. The van der Waals surface area contributed by atoms with E-state index in [2.05, 4.69) is 35.3 Å². The number of hydrogen-bond donors (Lipinski definition) is 1. The molecule has 1 fully saturated rings. The number of hydrogen-bond acceptors (Lipinski definition) is 3. The van der Waals surface area contributed by atoms with Gasteiger partial charge in [-0.2, -0.15) is 0 Å². The number of amides is 1. The van der Waals surface area contributed by atoms with Crippen molar-refractivity contribution in [3.8, 4) is 0 Å². The van der Waals surface area contributed by atoms with Gasteiger partial charge in [0.1, 0.15) is 6.04 Å². The zero-order chi connectivity index (χ0) is 13.4. The van der Waals surface area contributed by atoms with Crippen LogP contribution in [0.4, 0.5) is 5.69 Å². The van der Waals surface area contributed by atoms with Gasteiger partial charge in [0.2, 0.25) is 5.91 Å². The molecule has 2 aliphatic rings. The second-order valence-electron chi connectivity index (χ2n) is 5.33. The Bertz CT molecular complexity index is 494. The molecule has 1 aromatic rings. The first-order valence-corrected chi connectivity index (χ1v) is 7.07. The molecule has 0 saturated carbocycles. The molecule has 1 unspecified atom stereocenters. The molecule has 1 N–H and O–H groups in total. The Balaban J connectivity index is 1.99. The lowest BCUT2D eigenvalue weighted by Crippen LogP contribution is -2.47. The predicted molar refractivity (Wildman–Crippen MR) is 76.4 cm³/mol. The van der Waals surface area contributed by atoms with Crippen molar-refractivity contribution >= 4 is 11.6 Å². The maximum absolute atomic E-state index is 12.5. The number of likely N-dealkylation sites (N-methyl/N-ethyl adjacent to an activating group) is 1. The molecule has 1 aromatic carbocycles. The van der Waals surface area contributed by atoms with E-state index in [1.807, 2.05) is 11.9 Å². The molecule has 0 spiro atoms. The van der Waals surface area contributed by atoms with Gasteiger partial charge < -0.3 is 10.2 Å². The van der Waals surface area contributed by atoms with Crippen LogP contribution in [0.15, 0.2) is 18.2 Å². The summed E-state index contributed by atoms with van der Waals surface area (Å²) >= 11 is 0. The molecule has 0 aromatic heterocycles. The molecule has 19 heavy (non-hydrogen) atoms. The number of carbonyl (C=O) groups is 1. The lowest BCUT2D eigenvalue weighted by atomic mass is 10.0. The molecule has 1 amide bonds. The van der Waals surface area contributed by atoms with Gasteiger partial charge in [0.15, 0.2) is 0 Å². The van der Waals surface area contributed by atoms with Crippen molar-refractivity contribution in [1.29, 1.82) is 0 Å². The molecule has 102 valence electrons. The molecule has 1 saturated heterocycles. The smallest absolute Gasteiger partial charge is 0.248 e. The fraction of sp³-hybridized carbons (Fsp3) is 0.533. The maximum atomic E-state index is 12.5. The molecule has 0 bridgehead atoms. The van der Waals surface area contributed by atoms with E-state index in [1.165, 1.54) is 11.1 Å². The van der Waals surface area contributed by atoms with Crippen LogP contribution in [0.25, 0.3) is 0 Å². The average Bonchev–Trinajstić information content (AvgIpc) is 2.71. The molecule has 2 heterocycles. The van der Waals surface area contributed by atoms with Crippen LogP contribution in [0, 0.1) is 0 Å². The average molecular weight is 259 g/mol. The SMILES string of the molecule is CCc1ccc2c(c1)C(N1CCNCC1)C(=O)N2C. The van der Waals surface area contributed by atoms with Crippen LogP contribution in [0.1, 0.15) is 24.1 Å². The second kappa shape index (κ2) is 4.94. The fourth-order valence-corrected chi connectivity index (χ4v) is 3.08. The van der Waals surface area contributed by atoms with E-state index >= 15 is 0 Å². The van der Waals surface area contributed by atoms with E-state index in [9.17, 15) is 4.79 Å². The van der Waals surface area contributed by atoms with Crippen LogP contribution in [-0.2, 0) is 11.2 Å². The number of benzene rings is 1. The van der Waals surface area contributed by atoms with Crippen molar-refractivity contribution in [2.24, 2.45) is 0 Å². The van der Waals surface area contributed by atoms with Gasteiger partial charge in [-0.25, -0.2) is 0 Å². The highest BCUT2D eigenvalue weighted by Gasteiger charge is 2.39. The van der Waals surface area contributed by atoms with E-state index in [1.54, 1.807) is 0 Å². The van der Waals surface area contributed by atoms with Gasteiger partial charge in [-0.05, 0) is 18.1 Å². The van der Waals surface area contributed by atoms with Gasteiger partial charge in [0, 0.05) is 44.5 Å². The molecule has 4 heteroatoms.